The van der Waals surface area contributed by atoms with Gasteiger partial charge in [-0.1, -0.05) is 187 Å². The molecule has 0 saturated heterocycles. The lowest BCUT2D eigenvalue weighted by Gasteiger charge is -2.57. The van der Waals surface area contributed by atoms with Crippen LogP contribution in [0, 0.1) is 28.6 Å². The third kappa shape index (κ3) is 21.8. The molecule has 10 heteroatoms. The van der Waals surface area contributed by atoms with Gasteiger partial charge in [0.25, 0.3) is 0 Å². The minimum Gasteiger partial charge on any atom is -0.462 e. The van der Waals surface area contributed by atoms with Crippen molar-refractivity contribution < 1.29 is 47.7 Å². The minimum atomic E-state index is -0.924. The molecule has 3 fully saturated rings. The Kier molecular flexibility index (Phi) is 29.6. The molecule has 0 amide bonds. The predicted molar refractivity (Wildman–Crippen MR) is 279 cm³/mol. The van der Waals surface area contributed by atoms with Crippen LogP contribution in [0.2, 0.25) is 0 Å². The molecule has 70 heavy (non-hydrogen) atoms. The SMILES string of the molecule is CCCCCCCCCCCCCCCC(=O)OCC(COC(=O)CCCCCCCCCCCCCCC)OC(=O)CCCC(=O)OCO[C@H]1CC[C@H]2[C@@H]3CCC4=CC(=O)CC[C@]4(C)[C@H]3CC[C@]12C. The molecule has 0 heterocycles. The monoisotopic (exact) mass is 983 g/mol. The first-order valence-electron chi connectivity index (χ1n) is 29.5. The van der Waals surface area contributed by atoms with Crippen molar-refractivity contribution in [2.45, 2.75) is 290 Å². The molecule has 402 valence electrons. The quantitative estimate of drug-likeness (QED) is 0.0253. The summed E-state index contributed by atoms with van der Waals surface area (Å²) in [6.07, 6.45) is 41.8. The molecule has 3 saturated carbocycles. The second kappa shape index (κ2) is 34.6. The van der Waals surface area contributed by atoms with Crippen LogP contribution >= 0.6 is 0 Å². The molecule has 4 aliphatic carbocycles. The van der Waals surface area contributed by atoms with Crippen molar-refractivity contribution in [3.8, 4) is 0 Å². The number of fused-ring (bicyclic) bond motifs is 5. The van der Waals surface area contributed by atoms with Crippen LogP contribution in [0.4, 0.5) is 0 Å². The number of ether oxygens (including phenoxy) is 5. The van der Waals surface area contributed by atoms with Crippen LogP contribution in [-0.4, -0.2) is 61.9 Å². The Morgan fingerprint density at radius 2 is 0.971 bits per heavy atom. The molecule has 0 spiro atoms. The fourth-order valence-electron chi connectivity index (χ4n) is 12.9. The Hall–Kier alpha value is -2.75. The maximum atomic E-state index is 13.0. The van der Waals surface area contributed by atoms with Crippen LogP contribution in [0.5, 0.6) is 0 Å². The standard InChI is InChI=1S/C60H102O10/c1-5-7-9-11-13-15-17-19-21-23-25-27-29-32-55(62)66-45-50(46-67-56(63)33-30-28-26-24-22-20-18-16-14-12-10-8-6-2)70-58(65)35-31-34-57(64)69-47-68-54-39-38-52-51-37-36-48-44-49(61)40-42-59(48,3)53(51)41-43-60(52,54)4/h44,50-54H,5-43,45-47H2,1-4H3/t51-,52-,53-,54-,59-,60-/m0/s1. The molecular formula is C60H102O10. The van der Waals surface area contributed by atoms with Crippen LogP contribution in [0.3, 0.4) is 0 Å². The average Bonchev–Trinajstić information content (AvgIpc) is 3.68. The number of hydrogen-bond acceptors (Lipinski definition) is 10. The van der Waals surface area contributed by atoms with Gasteiger partial charge in [-0.05, 0) is 98.9 Å². The molecule has 6 atom stereocenters. The Labute approximate surface area is 426 Å². The molecule has 0 radical (unpaired) electrons. The number of unbranched alkanes of at least 4 members (excludes halogenated alkanes) is 24. The van der Waals surface area contributed by atoms with E-state index in [1.54, 1.807) is 0 Å². The van der Waals surface area contributed by atoms with Gasteiger partial charge in [-0.15, -0.1) is 0 Å². The van der Waals surface area contributed by atoms with Gasteiger partial charge >= 0.3 is 23.9 Å². The number of carbonyl (C=O) groups is 5. The van der Waals surface area contributed by atoms with Gasteiger partial charge in [0.2, 0.25) is 0 Å². The van der Waals surface area contributed by atoms with Crippen LogP contribution < -0.4 is 0 Å². The van der Waals surface area contributed by atoms with E-state index in [1.165, 1.54) is 134 Å². The molecule has 0 aromatic carbocycles. The molecule has 0 aromatic heterocycles. The largest absolute Gasteiger partial charge is 0.462 e. The fraction of sp³-hybridized carbons (Fsp3) is 0.883. The molecule has 0 unspecified atom stereocenters. The Morgan fingerprint density at radius 3 is 1.49 bits per heavy atom. The van der Waals surface area contributed by atoms with E-state index in [1.807, 2.05) is 6.08 Å². The summed E-state index contributed by atoms with van der Waals surface area (Å²) in [6, 6.07) is 0. The molecule has 4 rings (SSSR count). The Morgan fingerprint density at radius 1 is 0.514 bits per heavy atom. The minimum absolute atomic E-state index is 0.0266. The van der Waals surface area contributed by atoms with E-state index < -0.39 is 18.0 Å². The highest BCUT2D eigenvalue weighted by atomic mass is 16.7. The van der Waals surface area contributed by atoms with Gasteiger partial charge in [0.1, 0.15) is 13.2 Å². The molecule has 10 nitrogen and oxygen atoms in total. The number of allylic oxidation sites excluding steroid dienone is 1. The van der Waals surface area contributed by atoms with Gasteiger partial charge < -0.3 is 23.7 Å². The number of rotatable bonds is 40. The summed E-state index contributed by atoms with van der Waals surface area (Å²) in [4.78, 5) is 63.5. The van der Waals surface area contributed by atoms with Crippen molar-refractivity contribution in [3.05, 3.63) is 11.6 Å². The van der Waals surface area contributed by atoms with Crippen LogP contribution in [-0.2, 0) is 47.7 Å². The van der Waals surface area contributed by atoms with Crippen molar-refractivity contribution in [3.63, 3.8) is 0 Å². The normalized spacial score (nSPS) is 23.8. The van der Waals surface area contributed by atoms with E-state index in [0.29, 0.717) is 42.8 Å². The molecular weight excluding hydrogens is 881 g/mol. The van der Waals surface area contributed by atoms with Crippen LogP contribution in [0.1, 0.15) is 278 Å². The van der Waals surface area contributed by atoms with Crippen molar-refractivity contribution in [1.29, 1.82) is 0 Å². The molecule has 0 bridgehead atoms. The zero-order chi connectivity index (χ0) is 50.3. The highest BCUT2D eigenvalue weighted by Crippen LogP contribution is 2.65. The summed E-state index contributed by atoms with van der Waals surface area (Å²) < 4.78 is 28.6. The lowest BCUT2D eigenvalue weighted by atomic mass is 9.47. The van der Waals surface area contributed by atoms with E-state index in [2.05, 4.69) is 27.7 Å². The second-order valence-corrected chi connectivity index (χ2v) is 22.7. The number of ketones is 1. The maximum absolute atomic E-state index is 13.0. The van der Waals surface area contributed by atoms with Crippen molar-refractivity contribution in [2.75, 3.05) is 20.0 Å². The van der Waals surface area contributed by atoms with Gasteiger partial charge in [-0.3, -0.25) is 24.0 Å². The Bertz CT molecular complexity index is 1490. The van der Waals surface area contributed by atoms with Crippen molar-refractivity contribution in [1.82, 2.24) is 0 Å². The van der Waals surface area contributed by atoms with E-state index in [4.69, 9.17) is 23.7 Å². The lowest BCUT2D eigenvalue weighted by Crippen LogP contribution is -2.51. The van der Waals surface area contributed by atoms with Gasteiger partial charge in [0.15, 0.2) is 18.7 Å². The summed E-state index contributed by atoms with van der Waals surface area (Å²) in [6.45, 7) is 8.81. The summed E-state index contributed by atoms with van der Waals surface area (Å²) >= 11 is 0. The molecule has 4 aliphatic rings. The first-order valence-corrected chi connectivity index (χ1v) is 29.5. The third-order valence-electron chi connectivity index (χ3n) is 17.3. The van der Waals surface area contributed by atoms with Crippen LogP contribution in [0.15, 0.2) is 11.6 Å². The van der Waals surface area contributed by atoms with Gasteiger partial charge in [-0.2, -0.15) is 0 Å². The topological polar surface area (TPSA) is 132 Å². The van der Waals surface area contributed by atoms with E-state index in [0.717, 1.165) is 83.5 Å². The smallest absolute Gasteiger partial charge is 0.307 e. The van der Waals surface area contributed by atoms with Crippen molar-refractivity contribution >= 4 is 29.7 Å². The lowest BCUT2D eigenvalue weighted by molar-refractivity contribution is -0.173. The average molecular weight is 983 g/mol. The van der Waals surface area contributed by atoms with E-state index in [9.17, 15) is 24.0 Å². The fourth-order valence-corrected chi connectivity index (χ4v) is 12.9. The number of esters is 4. The summed E-state index contributed by atoms with van der Waals surface area (Å²) in [7, 11) is 0. The zero-order valence-electron chi connectivity index (χ0n) is 45.2. The zero-order valence-corrected chi connectivity index (χ0v) is 45.2. The Balaban J connectivity index is 1.10. The maximum Gasteiger partial charge on any atom is 0.307 e. The molecule has 0 aliphatic heterocycles. The summed E-state index contributed by atoms with van der Waals surface area (Å²) in [5.74, 6) is 0.430. The van der Waals surface area contributed by atoms with Gasteiger partial charge in [0, 0.05) is 32.1 Å². The highest BCUT2D eigenvalue weighted by Gasteiger charge is 2.59. The van der Waals surface area contributed by atoms with Crippen LogP contribution in [0.25, 0.3) is 0 Å². The second-order valence-electron chi connectivity index (χ2n) is 22.7. The summed E-state index contributed by atoms with van der Waals surface area (Å²) in [5, 5.41) is 0. The number of hydrogen-bond donors (Lipinski definition) is 0. The molecule has 0 N–H and O–H groups in total. The predicted octanol–water partition coefficient (Wildman–Crippen LogP) is 15.5. The van der Waals surface area contributed by atoms with E-state index in [-0.39, 0.29) is 68.1 Å². The van der Waals surface area contributed by atoms with E-state index >= 15 is 0 Å². The first-order chi connectivity index (χ1) is 34.0. The number of carbonyl (C=O) groups excluding carboxylic acids is 5. The highest BCUT2D eigenvalue weighted by molar-refractivity contribution is 5.91. The third-order valence-corrected chi connectivity index (χ3v) is 17.3. The summed E-state index contributed by atoms with van der Waals surface area (Å²) in [5.41, 5.74) is 1.55. The van der Waals surface area contributed by atoms with Gasteiger partial charge in [0.05, 0.1) is 6.10 Å². The van der Waals surface area contributed by atoms with Gasteiger partial charge in [-0.25, -0.2) is 0 Å². The first kappa shape index (κ1) is 59.8. The van der Waals surface area contributed by atoms with Crippen molar-refractivity contribution in [2.24, 2.45) is 28.6 Å². The molecule has 0 aromatic rings.